The summed E-state index contributed by atoms with van der Waals surface area (Å²) in [5.41, 5.74) is 0.914. The molecule has 23 heavy (non-hydrogen) atoms. The van der Waals surface area contributed by atoms with Gasteiger partial charge in [0.05, 0.1) is 13.1 Å². The van der Waals surface area contributed by atoms with Crippen molar-refractivity contribution in [1.29, 1.82) is 0 Å². The van der Waals surface area contributed by atoms with Gasteiger partial charge in [0.25, 0.3) is 5.91 Å². The topological polar surface area (TPSA) is 33.5 Å². The third-order valence-corrected chi connectivity index (χ3v) is 5.08. The molecular formula is C20H27N2O+. The minimum Gasteiger partial charge on any atom is -0.324 e. The van der Waals surface area contributed by atoms with Crippen LogP contribution in [0.4, 0.5) is 5.69 Å². The van der Waals surface area contributed by atoms with E-state index < -0.39 is 0 Å². The Bertz CT molecular complexity index is 682. The molecule has 3 nitrogen and oxygen atoms in total. The Hall–Kier alpha value is -1.87. The molecule has 1 fully saturated rings. The van der Waals surface area contributed by atoms with Gasteiger partial charge in [-0.1, -0.05) is 50.2 Å². The number of anilines is 1. The number of carbonyl (C=O) groups is 1. The molecule has 0 radical (unpaired) electrons. The molecule has 0 bridgehead atoms. The average molecular weight is 311 g/mol. The van der Waals surface area contributed by atoms with E-state index in [9.17, 15) is 4.79 Å². The Labute approximate surface area is 138 Å². The first-order chi connectivity index (χ1) is 11.0. The van der Waals surface area contributed by atoms with Crippen molar-refractivity contribution in [3.63, 3.8) is 0 Å². The Morgan fingerprint density at radius 1 is 1.09 bits per heavy atom. The van der Waals surface area contributed by atoms with Crippen molar-refractivity contribution in [2.75, 3.05) is 18.4 Å². The molecule has 1 aliphatic rings. The van der Waals surface area contributed by atoms with Crippen molar-refractivity contribution < 1.29 is 9.69 Å². The molecule has 0 spiro atoms. The summed E-state index contributed by atoms with van der Waals surface area (Å²) in [6.07, 6.45) is 1.28. The maximum absolute atomic E-state index is 12.7. The summed E-state index contributed by atoms with van der Waals surface area (Å²) < 4.78 is 0. The second-order valence-electron chi connectivity index (χ2n) is 7.25. The van der Waals surface area contributed by atoms with Crippen molar-refractivity contribution in [2.24, 2.45) is 11.8 Å². The summed E-state index contributed by atoms with van der Waals surface area (Å²) in [6, 6.07) is 14.2. The zero-order valence-electron chi connectivity index (χ0n) is 14.3. The van der Waals surface area contributed by atoms with E-state index in [2.05, 4.69) is 44.3 Å². The summed E-state index contributed by atoms with van der Waals surface area (Å²) in [5, 5.41) is 5.41. The highest BCUT2D eigenvalue weighted by molar-refractivity contribution is 6.03. The first-order valence-electron chi connectivity index (χ1n) is 8.67. The molecule has 0 saturated carbocycles. The van der Waals surface area contributed by atoms with Crippen LogP contribution in [0.2, 0.25) is 0 Å². The molecule has 0 unspecified atom stereocenters. The number of hydrogen-bond donors (Lipinski definition) is 2. The van der Waals surface area contributed by atoms with Gasteiger partial charge in [0, 0.05) is 22.9 Å². The molecule has 3 atom stereocenters. The predicted molar refractivity (Wildman–Crippen MR) is 95.7 cm³/mol. The molecule has 3 rings (SSSR count). The SMILES string of the molecule is C[C@@H]1C[C@@H](C)C[NH+]([C@@H](C)C(=O)Nc2cccc3ccccc23)C1. The van der Waals surface area contributed by atoms with Crippen LogP contribution >= 0.6 is 0 Å². The zero-order chi connectivity index (χ0) is 16.4. The number of piperidine rings is 1. The number of fused-ring (bicyclic) bond motifs is 1. The van der Waals surface area contributed by atoms with E-state index in [0.717, 1.165) is 29.5 Å². The number of carbonyl (C=O) groups excluding carboxylic acids is 1. The van der Waals surface area contributed by atoms with Crippen LogP contribution in [-0.2, 0) is 4.79 Å². The van der Waals surface area contributed by atoms with Gasteiger partial charge in [0.15, 0.2) is 6.04 Å². The lowest BCUT2D eigenvalue weighted by Gasteiger charge is -2.35. The Morgan fingerprint density at radius 2 is 1.74 bits per heavy atom. The molecular weight excluding hydrogens is 284 g/mol. The van der Waals surface area contributed by atoms with Crippen LogP contribution in [-0.4, -0.2) is 25.0 Å². The molecule has 1 heterocycles. The lowest BCUT2D eigenvalue weighted by atomic mass is 9.91. The van der Waals surface area contributed by atoms with Gasteiger partial charge in [-0.3, -0.25) is 4.79 Å². The van der Waals surface area contributed by atoms with Crippen molar-refractivity contribution in [2.45, 2.75) is 33.2 Å². The van der Waals surface area contributed by atoms with E-state index in [1.165, 1.54) is 11.3 Å². The first-order valence-corrected chi connectivity index (χ1v) is 8.67. The largest absolute Gasteiger partial charge is 0.324 e. The van der Waals surface area contributed by atoms with Crippen molar-refractivity contribution in [3.8, 4) is 0 Å². The van der Waals surface area contributed by atoms with Gasteiger partial charge in [-0.2, -0.15) is 0 Å². The number of amides is 1. The fourth-order valence-electron chi connectivity index (χ4n) is 3.95. The van der Waals surface area contributed by atoms with E-state index in [1.54, 1.807) is 0 Å². The summed E-state index contributed by atoms with van der Waals surface area (Å²) in [4.78, 5) is 14.1. The van der Waals surface area contributed by atoms with Gasteiger partial charge in [-0.05, 0) is 24.8 Å². The van der Waals surface area contributed by atoms with Crippen LogP contribution in [0.15, 0.2) is 42.5 Å². The van der Waals surface area contributed by atoms with Crippen LogP contribution in [0.5, 0.6) is 0 Å². The molecule has 1 aliphatic heterocycles. The Morgan fingerprint density at radius 3 is 2.48 bits per heavy atom. The summed E-state index contributed by atoms with van der Waals surface area (Å²) in [7, 11) is 0. The molecule has 2 N–H and O–H groups in total. The highest BCUT2D eigenvalue weighted by atomic mass is 16.2. The maximum Gasteiger partial charge on any atom is 0.282 e. The Kier molecular flexibility index (Phi) is 4.67. The smallest absolute Gasteiger partial charge is 0.282 e. The van der Waals surface area contributed by atoms with Crippen molar-refractivity contribution >= 4 is 22.4 Å². The second-order valence-corrected chi connectivity index (χ2v) is 7.25. The highest BCUT2D eigenvalue weighted by Crippen LogP contribution is 2.23. The van der Waals surface area contributed by atoms with Gasteiger partial charge >= 0.3 is 0 Å². The molecule has 0 aromatic heterocycles. The van der Waals surface area contributed by atoms with Crippen LogP contribution in [0.1, 0.15) is 27.2 Å². The fraction of sp³-hybridized carbons (Fsp3) is 0.450. The van der Waals surface area contributed by atoms with E-state index in [1.807, 2.05) is 24.3 Å². The van der Waals surface area contributed by atoms with Crippen LogP contribution in [0.3, 0.4) is 0 Å². The van der Waals surface area contributed by atoms with E-state index in [0.29, 0.717) is 11.8 Å². The van der Waals surface area contributed by atoms with Gasteiger partial charge in [-0.15, -0.1) is 0 Å². The van der Waals surface area contributed by atoms with Crippen LogP contribution < -0.4 is 10.2 Å². The minimum atomic E-state index is -0.0147. The van der Waals surface area contributed by atoms with Crippen LogP contribution in [0, 0.1) is 11.8 Å². The monoisotopic (exact) mass is 311 g/mol. The maximum atomic E-state index is 12.7. The first kappa shape index (κ1) is 16.0. The number of hydrogen-bond acceptors (Lipinski definition) is 1. The average Bonchev–Trinajstić information content (AvgIpc) is 2.53. The molecule has 2 aromatic rings. The number of nitrogens with one attached hydrogen (secondary N) is 2. The molecule has 1 saturated heterocycles. The van der Waals surface area contributed by atoms with Crippen LogP contribution in [0.25, 0.3) is 10.8 Å². The number of rotatable bonds is 3. The zero-order valence-corrected chi connectivity index (χ0v) is 14.3. The molecule has 122 valence electrons. The van der Waals surface area contributed by atoms with Crippen molar-refractivity contribution in [1.82, 2.24) is 0 Å². The summed E-state index contributed by atoms with van der Waals surface area (Å²) >= 11 is 0. The predicted octanol–water partition coefficient (Wildman–Crippen LogP) is 2.73. The molecule has 2 aromatic carbocycles. The minimum absolute atomic E-state index is 0.0147. The van der Waals surface area contributed by atoms with E-state index >= 15 is 0 Å². The quantitative estimate of drug-likeness (QED) is 0.898. The normalized spacial score (nSPS) is 26.0. The molecule has 0 aliphatic carbocycles. The van der Waals surface area contributed by atoms with Gasteiger partial charge in [0.2, 0.25) is 0 Å². The summed E-state index contributed by atoms with van der Waals surface area (Å²) in [5.74, 6) is 1.51. The lowest BCUT2D eigenvalue weighted by molar-refractivity contribution is -0.925. The summed E-state index contributed by atoms with van der Waals surface area (Å²) in [6.45, 7) is 8.83. The number of likely N-dealkylation sites (tertiary alicyclic amines) is 1. The van der Waals surface area contributed by atoms with Gasteiger partial charge in [-0.25, -0.2) is 0 Å². The van der Waals surface area contributed by atoms with E-state index in [-0.39, 0.29) is 11.9 Å². The molecule has 3 heteroatoms. The van der Waals surface area contributed by atoms with E-state index in [4.69, 9.17) is 0 Å². The number of quaternary nitrogens is 1. The third kappa shape index (κ3) is 3.56. The number of benzene rings is 2. The van der Waals surface area contributed by atoms with Gasteiger partial charge in [0.1, 0.15) is 0 Å². The highest BCUT2D eigenvalue weighted by Gasteiger charge is 2.32. The lowest BCUT2D eigenvalue weighted by Crippen LogP contribution is -3.18. The van der Waals surface area contributed by atoms with Gasteiger partial charge < -0.3 is 10.2 Å². The fourth-order valence-corrected chi connectivity index (χ4v) is 3.95. The third-order valence-electron chi connectivity index (χ3n) is 5.08. The standard InChI is InChI=1S/C20H26N2O/c1-14-11-15(2)13-22(12-14)16(3)20(23)21-19-10-6-8-17-7-4-5-9-18(17)19/h4-10,14-16H,11-13H2,1-3H3,(H,21,23)/p+1/t14-,15-,16+/m1/s1. The molecule has 1 amide bonds. The Balaban J connectivity index is 1.75. The second kappa shape index (κ2) is 6.71. The van der Waals surface area contributed by atoms with Crippen molar-refractivity contribution in [3.05, 3.63) is 42.5 Å².